The number of benzene rings is 3. The molecule has 0 radical (unpaired) electrons. The molecule has 0 saturated carbocycles. The number of nitro benzene ring substituents is 2. The Morgan fingerprint density at radius 1 is 0.870 bits per heavy atom. The van der Waals surface area contributed by atoms with E-state index >= 15 is 0 Å². The van der Waals surface area contributed by atoms with E-state index in [1.54, 1.807) is 64.1 Å². The minimum absolute atomic E-state index is 0.0800. The van der Waals surface area contributed by atoms with Crippen LogP contribution in [0.3, 0.4) is 0 Å². The van der Waals surface area contributed by atoms with Crippen molar-refractivity contribution in [1.82, 2.24) is 4.57 Å². The fraction of sp³-hybridized carbons (Fsp3) is 0.278. The van der Waals surface area contributed by atoms with Crippen LogP contribution in [0.1, 0.15) is 44.9 Å². The van der Waals surface area contributed by atoms with Gasteiger partial charge < -0.3 is 28.4 Å². The predicted molar refractivity (Wildman–Crippen MR) is 193 cm³/mol. The zero-order valence-electron chi connectivity index (χ0n) is 29.7. The van der Waals surface area contributed by atoms with Gasteiger partial charge in [-0.1, -0.05) is 23.5 Å². The van der Waals surface area contributed by atoms with Crippen LogP contribution in [0, 0.1) is 20.2 Å². The average molecular weight is 763 g/mol. The summed E-state index contributed by atoms with van der Waals surface area (Å²) in [6, 6.07) is 11.5. The molecule has 0 amide bonds. The van der Waals surface area contributed by atoms with Gasteiger partial charge in [0.05, 0.1) is 64.7 Å². The number of non-ortho nitro benzene ring substituents is 1. The number of ether oxygens (including phenoxy) is 6. The second-order valence-electron chi connectivity index (χ2n) is 11.2. The fourth-order valence-corrected chi connectivity index (χ4v) is 6.52. The topological polar surface area (TPSA) is 210 Å². The summed E-state index contributed by atoms with van der Waals surface area (Å²) >= 11 is 1.08. The fourth-order valence-electron chi connectivity index (χ4n) is 5.47. The lowest BCUT2D eigenvalue weighted by Crippen LogP contribution is -2.40. The van der Waals surface area contributed by atoms with Crippen LogP contribution in [0.15, 0.2) is 75.7 Å². The number of thiazole rings is 1. The van der Waals surface area contributed by atoms with Crippen molar-refractivity contribution in [3.05, 3.63) is 117 Å². The second-order valence-corrected chi connectivity index (χ2v) is 12.2. The van der Waals surface area contributed by atoms with Gasteiger partial charge in [0, 0.05) is 6.07 Å². The van der Waals surface area contributed by atoms with Gasteiger partial charge in [-0.25, -0.2) is 14.6 Å². The summed E-state index contributed by atoms with van der Waals surface area (Å²) in [5.74, 6) is -0.709. The van der Waals surface area contributed by atoms with E-state index < -0.39 is 44.8 Å². The van der Waals surface area contributed by atoms with Gasteiger partial charge >= 0.3 is 17.6 Å². The quantitative estimate of drug-likeness (QED) is 0.0910. The summed E-state index contributed by atoms with van der Waals surface area (Å²) in [4.78, 5) is 65.6. The zero-order valence-corrected chi connectivity index (χ0v) is 30.5. The highest BCUT2D eigenvalue weighted by atomic mass is 32.1. The number of carbonyl (C=O) groups excluding carboxylic acids is 2. The highest BCUT2D eigenvalue weighted by molar-refractivity contribution is 7.07. The number of hydrogen-bond donors (Lipinski definition) is 0. The van der Waals surface area contributed by atoms with E-state index in [2.05, 4.69) is 9.73 Å². The van der Waals surface area contributed by atoms with Crippen LogP contribution < -0.4 is 33.8 Å². The van der Waals surface area contributed by atoms with Gasteiger partial charge in [0.1, 0.15) is 0 Å². The molecule has 1 atom stereocenters. The van der Waals surface area contributed by atoms with Crippen molar-refractivity contribution in [2.45, 2.75) is 33.7 Å². The largest absolute Gasteiger partial charge is 0.490 e. The van der Waals surface area contributed by atoms with Crippen molar-refractivity contribution < 1.29 is 47.9 Å². The highest BCUT2D eigenvalue weighted by Crippen LogP contribution is 2.39. The highest BCUT2D eigenvalue weighted by Gasteiger charge is 2.34. The Balaban J connectivity index is 1.60. The maximum absolute atomic E-state index is 14.3. The molecule has 282 valence electrons. The number of nitrogens with zero attached hydrogens (tertiary/aromatic N) is 4. The average Bonchev–Trinajstić information content (AvgIpc) is 3.44. The maximum atomic E-state index is 14.3. The molecule has 1 aromatic heterocycles. The third-order valence-electron chi connectivity index (χ3n) is 7.81. The van der Waals surface area contributed by atoms with Crippen LogP contribution in [-0.4, -0.2) is 59.9 Å². The zero-order chi connectivity index (χ0) is 39.1. The van der Waals surface area contributed by atoms with Gasteiger partial charge in [-0.15, -0.1) is 0 Å². The summed E-state index contributed by atoms with van der Waals surface area (Å²) in [7, 11) is 1.24. The predicted octanol–water partition coefficient (Wildman–Crippen LogP) is 4.76. The molecule has 1 aliphatic rings. The van der Waals surface area contributed by atoms with Crippen LogP contribution in [-0.2, 0) is 19.1 Å². The Bertz CT molecular complexity index is 2350. The minimum atomic E-state index is -0.983. The number of nitro groups is 2. The van der Waals surface area contributed by atoms with Crippen molar-refractivity contribution >= 4 is 40.7 Å². The first-order valence-corrected chi connectivity index (χ1v) is 17.3. The summed E-state index contributed by atoms with van der Waals surface area (Å²) in [6.07, 6.45) is 1.60. The summed E-state index contributed by atoms with van der Waals surface area (Å²) in [6.45, 7) is 6.96. The standard InChI is InChI=1S/C36H34N4O13S/c1-6-49-28-15-21(9-12-27(28)53-25-14-11-23(39(44)45)18-24(25)40(46)47)16-30-34(42)38-33(32(35(43)51-8-3)20(4)37-36(38)54-30)22-10-13-26(29(17-22)50-7-2)52-19-31(41)48-5/h9-18,33H,6-8,19H2,1-5H3/b30-16+/t33-/m1/s1. The molecule has 0 spiro atoms. The van der Waals surface area contributed by atoms with E-state index in [0.717, 1.165) is 29.5 Å². The van der Waals surface area contributed by atoms with Crippen molar-refractivity contribution in [2.75, 3.05) is 33.5 Å². The van der Waals surface area contributed by atoms with Gasteiger partial charge in [0.2, 0.25) is 5.75 Å². The number of hydrogen-bond acceptors (Lipinski definition) is 15. The molecule has 0 bridgehead atoms. The maximum Gasteiger partial charge on any atom is 0.343 e. The third kappa shape index (κ3) is 8.23. The van der Waals surface area contributed by atoms with Crippen molar-refractivity contribution in [1.29, 1.82) is 0 Å². The van der Waals surface area contributed by atoms with Crippen LogP contribution >= 0.6 is 11.3 Å². The lowest BCUT2D eigenvalue weighted by molar-refractivity contribution is -0.394. The molecule has 0 fully saturated rings. The number of fused-ring (bicyclic) bond motifs is 1. The van der Waals surface area contributed by atoms with Gasteiger partial charge in [-0.05, 0) is 75.2 Å². The first-order chi connectivity index (χ1) is 25.9. The van der Waals surface area contributed by atoms with E-state index in [1.165, 1.54) is 17.7 Å². The number of aromatic nitrogens is 1. The second kappa shape index (κ2) is 16.8. The molecule has 0 unspecified atom stereocenters. The Kier molecular flexibility index (Phi) is 12.1. The van der Waals surface area contributed by atoms with Crippen LogP contribution in [0.4, 0.5) is 11.4 Å². The van der Waals surface area contributed by atoms with E-state index in [9.17, 15) is 34.6 Å². The van der Waals surface area contributed by atoms with Crippen molar-refractivity contribution in [3.8, 4) is 28.7 Å². The molecule has 0 aliphatic carbocycles. The molecular weight excluding hydrogens is 728 g/mol. The Morgan fingerprint density at radius 3 is 2.20 bits per heavy atom. The summed E-state index contributed by atoms with van der Waals surface area (Å²) in [5, 5.41) is 22.9. The molecule has 0 saturated heterocycles. The molecule has 3 aromatic carbocycles. The summed E-state index contributed by atoms with van der Waals surface area (Å²) in [5.41, 5.74) is -0.0913. The van der Waals surface area contributed by atoms with E-state index in [4.69, 9.17) is 23.7 Å². The smallest absolute Gasteiger partial charge is 0.343 e. The molecule has 54 heavy (non-hydrogen) atoms. The molecule has 1 aliphatic heterocycles. The first-order valence-electron chi connectivity index (χ1n) is 16.4. The molecular formula is C36H34N4O13S. The van der Waals surface area contributed by atoms with Crippen molar-refractivity contribution in [2.24, 2.45) is 4.99 Å². The van der Waals surface area contributed by atoms with E-state index in [1.807, 2.05) is 0 Å². The lowest BCUT2D eigenvalue weighted by atomic mass is 9.95. The number of allylic oxidation sites excluding steroid dienone is 1. The number of methoxy groups -OCH3 is 1. The van der Waals surface area contributed by atoms with Crippen LogP contribution in [0.25, 0.3) is 6.08 Å². The third-order valence-corrected chi connectivity index (χ3v) is 8.79. The van der Waals surface area contributed by atoms with E-state index in [0.29, 0.717) is 21.6 Å². The molecule has 2 heterocycles. The van der Waals surface area contributed by atoms with Crippen LogP contribution in [0.5, 0.6) is 28.7 Å². The first kappa shape index (κ1) is 38.7. The van der Waals surface area contributed by atoms with Gasteiger partial charge in [0.25, 0.3) is 11.2 Å². The Labute approximate surface area is 310 Å². The Hall–Kier alpha value is -6.56. The number of rotatable bonds is 15. The monoisotopic (exact) mass is 762 g/mol. The minimum Gasteiger partial charge on any atom is -0.490 e. The normalized spacial score (nSPS) is 13.7. The van der Waals surface area contributed by atoms with Gasteiger partial charge in [-0.3, -0.25) is 29.6 Å². The Morgan fingerprint density at radius 2 is 1.56 bits per heavy atom. The van der Waals surface area contributed by atoms with E-state index in [-0.39, 0.29) is 65.3 Å². The molecule has 18 heteroatoms. The number of carbonyl (C=O) groups is 2. The number of esters is 2. The van der Waals surface area contributed by atoms with Crippen LogP contribution in [0.2, 0.25) is 0 Å². The van der Waals surface area contributed by atoms with Crippen molar-refractivity contribution in [3.63, 3.8) is 0 Å². The lowest BCUT2D eigenvalue weighted by Gasteiger charge is -2.25. The molecule has 4 aromatic rings. The molecule has 17 nitrogen and oxygen atoms in total. The summed E-state index contributed by atoms with van der Waals surface area (Å²) < 4.78 is 34.7. The molecule has 5 rings (SSSR count). The van der Waals surface area contributed by atoms with Gasteiger partial charge in [-0.2, -0.15) is 0 Å². The van der Waals surface area contributed by atoms with Gasteiger partial charge in [0.15, 0.2) is 34.4 Å². The SMILES string of the molecule is CCOC(=O)C1=C(C)N=c2s/c(=C/c3ccc(Oc4ccc([N+](=O)[O-])cc4[N+](=O)[O-])c(OCC)c3)c(=O)n2[C@@H]1c1ccc(OCC(=O)OC)c(OCC)c1. The molecule has 0 N–H and O–H groups in total.